The van der Waals surface area contributed by atoms with E-state index < -0.39 is 64.2 Å². The summed E-state index contributed by atoms with van der Waals surface area (Å²) in [7, 11) is 0.867. The molecule has 17 nitrogen and oxygen atoms in total. The summed E-state index contributed by atoms with van der Waals surface area (Å²) >= 11 is 0. The highest BCUT2D eigenvalue weighted by Crippen LogP contribution is 2.32. The fourth-order valence-corrected chi connectivity index (χ4v) is 10.7. The van der Waals surface area contributed by atoms with Crippen molar-refractivity contribution in [2.45, 2.75) is 115 Å². The van der Waals surface area contributed by atoms with Gasteiger partial charge in [-0.15, -0.1) is 0 Å². The van der Waals surface area contributed by atoms with Crippen LogP contribution in [0.2, 0.25) is 51.4 Å². The van der Waals surface area contributed by atoms with Crippen LogP contribution in [0.5, 0.6) is 0 Å². The maximum atomic E-state index is 15.2. The first-order valence-electron chi connectivity index (χ1n) is 28.2. The minimum Gasteiger partial charge on any atom is -0.478 e. The molecule has 460 valence electrons. The van der Waals surface area contributed by atoms with Gasteiger partial charge in [-0.05, 0) is 73.5 Å². The quantitative estimate of drug-likeness (QED) is 0.0349. The fourth-order valence-electron chi connectivity index (χ4n) is 9.20. The van der Waals surface area contributed by atoms with Gasteiger partial charge in [0.1, 0.15) is 64.5 Å². The number of rotatable bonds is 21. The first-order chi connectivity index (χ1) is 41.0. The zero-order valence-electron chi connectivity index (χ0n) is 50.3. The number of hydrogen-bond donors (Lipinski definition) is 3. The van der Waals surface area contributed by atoms with Gasteiger partial charge >= 0.3 is 5.97 Å². The van der Waals surface area contributed by atoms with Gasteiger partial charge in [-0.1, -0.05) is 99.9 Å². The van der Waals surface area contributed by atoms with Crippen molar-refractivity contribution in [3.8, 4) is 22.8 Å². The van der Waals surface area contributed by atoms with E-state index in [9.17, 15) is 32.3 Å². The predicted molar refractivity (Wildman–Crippen MR) is 330 cm³/mol. The van der Waals surface area contributed by atoms with Crippen molar-refractivity contribution in [3.63, 3.8) is 0 Å². The van der Waals surface area contributed by atoms with Crippen LogP contribution in [0.1, 0.15) is 45.7 Å². The summed E-state index contributed by atoms with van der Waals surface area (Å²) in [6.45, 7) is 17.7. The Bertz CT molecular complexity index is 4030. The topological polar surface area (TPSA) is 208 Å². The van der Waals surface area contributed by atoms with E-state index in [1.54, 1.807) is 112 Å². The van der Waals surface area contributed by atoms with Gasteiger partial charge in [-0.2, -0.15) is 10.2 Å². The van der Waals surface area contributed by atoms with Crippen molar-refractivity contribution in [2.24, 2.45) is 19.8 Å². The zero-order valence-corrected chi connectivity index (χ0v) is 52.3. The molecule has 0 aliphatic carbocycles. The van der Waals surface area contributed by atoms with Crippen LogP contribution < -0.4 is 11.1 Å². The molecule has 2 atom stereocenters. The SMILES string of the molecule is C[C@@H](N)C(F)(F)Cc1ccccc1.C[C@@H](NC(=O)c1cn(COCC[Si](C)(C)C)c2ncc(-c3nn(C)c4cc(F)ccc34)nc12)C(F)(F)Cc1ccccc1.Cn1nc(-c2cnc3c(n2)c(C(=O)O)cn3COCC[Si](C)(C)C)c2ccc(F)cc21. The van der Waals surface area contributed by atoms with E-state index in [2.05, 4.69) is 69.7 Å². The normalized spacial score (nSPS) is 12.9. The maximum absolute atomic E-state index is 15.2. The Labute approximate surface area is 501 Å². The Morgan fingerprint density at radius 3 is 1.46 bits per heavy atom. The summed E-state index contributed by atoms with van der Waals surface area (Å²) in [5.41, 5.74) is 10.6. The number of fused-ring (bicyclic) bond motifs is 4. The number of alkyl halides is 4. The lowest BCUT2D eigenvalue weighted by Crippen LogP contribution is -2.46. The van der Waals surface area contributed by atoms with Crippen LogP contribution in [-0.4, -0.2) is 119 Å². The van der Waals surface area contributed by atoms with Gasteiger partial charge < -0.3 is 34.8 Å². The molecule has 6 heterocycles. The third kappa shape index (κ3) is 16.3. The highest BCUT2D eigenvalue weighted by Gasteiger charge is 2.38. The summed E-state index contributed by atoms with van der Waals surface area (Å²) in [4.78, 5) is 43.7. The number of carbonyl (C=O) groups is 2. The Balaban J connectivity index is 0.000000193. The van der Waals surface area contributed by atoms with Gasteiger partial charge in [-0.25, -0.2) is 51.1 Å². The largest absolute Gasteiger partial charge is 0.478 e. The van der Waals surface area contributed by atoms with Crippen LogP contribution in [0.4, 0.5) is 26.3 Å². The smallest absolute Gasteiger partial charge is 0.339 e. The van der Waals surface area contributed by atoms with Crippen LogP contribution in [0, 0.1) is 11.6 Å². The number of aryl methyl sites for hydroxylation is 2. The van der Waals surface area contributed by atoms with Crippen LogP contribution in [0.25, 0.3) is 66.9 Å². The molecular weight excluding hydrogens is 1160 g/mol. The lowest BCUT2D eigenvalue weighted by atomic mass is 10.0. The first kappa shape index (κ1) is 64.9. The molecule has 87 heavy (non-hydrogen) atoms. The van der Waals surface area contributed by atoms with Gasteiger partial charge in [-0.3, -0.25) is 14.2 Å². The monoisotopic (exact) mass is 1230 g/mol. The molecular formula is C62H72F6N12O5Si2. The van der Waals surface area contributed by atoms with Gasteiger partial charge in [0.15, 0.2) is 11.3 Å². The Kier molecular flexibility index (Phi) is 20.0. The third-order valence-corrected chi connectivity index (χ3v) is 17.8. The van der Waals surface area contributed by atoms with E-state index in [4.69, 9.17) is 20.2 Å². The summed E-state index contributed by atoms with van der Waals surface area (Å²) in [6, 6.07) is 25.2. The van der Waals surface area contributed by atoms with Crippen molar-refractivity contribution in [2.75, 3.05) is 13.2 Å². The molecule has 0 unspecified atom stereocenters. The number of amides is 1. The van der Waals surface area contributed by atoms with E-state index >= 15 is 8.78 Å². The van der Waals surface area contributed by atoms with E-state index in [0.717, 1.165) is 12.1 Å². The molecule has 0 bridgehead atoms. The number of aromatic carboxylic acids is 1. The van der Waals surface area contributed by atoms with Gasteiger partial charge in [0, 0.05) is 79.5 Å². The highest BCUT2D eigenvalue weighted by atomic mass is 28.3. The minimum atomic E-state index is -3.20. The summed E-state index contributed by atoms with van der Waals surface area (Å²) < 4.78 is 102. The molecule has 0 spiro atoms. The standard InChI is InChI=1S/C31H35F3N6O2Si.C21H24FN5O3Si.C10H13F2N/c1-20(31(33,34)16-21-9-7-6-8-10-21)36-30(41)24-18-40(19-42-13-14-43(3,4)5)29-28(24)37-25(17-35-29)27-23-12-11-22(32)15-26(23)39(2)38-27;1-26-17-9-13(22)5-6-14(17)18(25-26)16-10-23-20-19(24-16)15(21(28)29)11-27(20)12-30-7-8-31(2,3)4;1-8(13)10(11,12)7-9-5-3-2-4-6-9/h6-12,15,17-18,20H,13-14,16,19H2,1-5H3,(H,36,41);5-6,9-11H,7-8,12H2,1-4H3,(H,28,29);2-6,8H,7,13H2,1H3/t20-;;8-/m1.1/s1. The number of hydrogen-bond acceptors (Lipinski definition) is 11. The lowest BCUT2D eigenvalue weighted by Gasteiger charge is -2.24. The average Bonchev–Trinajstić information content (AvgIpc) is 2.30. The van der Waals surface area contributed by atoms with Crippen LogP contribution in [0.15, 0.2) is 122 Å². The molecule has 0 aliphatic rings. The lowest BCUT2D eigenvalue weighted by molar-refractivity contribution is -0.0290. The predicted octanol–water partition coefficient (Wildman–Crippen LogP) is 12.8. The first-order valence-corrected chi connectivity index (χ1v) is 35.7. The number of carboxylic acids is 1. The van der Waals surface area contributed by atoms with Gasteiger partial charge in [0.05, 0.1) is 41.1 Å². The van der Waals surface area contributed by atoms with E-state index in [-0.39, 0.29) is 47.9 Å². The van der Waals surface area contributed by atoms with E-state index in [1.165, 1.54) is 56.7 Å². The number of nitrogens with one attached hydrogen (secondary N) is 1. The molecule has 1 amide bonds. The van der Waals surface area contributed by atoms with E-state index in [0.29, 0.717) is 80.2 Å². The number of nitrogens with two attached hydrogens (primary N) is 1. The maximum Gasteiger partial charge on any atom is 0.339 e. The van der Waals surface area contributed by atoms with Gasteiger partial charge in [0.25, 0.3) is 17.8 Å². The molecule has 25 heteroatoms. The van der Waals surface area contributed by atoms with Crippen molar-refractivity contribution in [1.29, 1.82) is 0 Å². The van der Waals surface area contributed by atoms with Crippen LogP contribution >= 0.6 is 0 Å². The molecule has 0 fully saturated rings. The number of benzene rings is 4. The second-order valence-electron chi connectivity index (χ2n) is 24.0. The molecule has 4 N–H and O–H groups in total. The number of halogens is 6. The Morgan fingerprint density at radius 2 is 1.05 bits per heavy atom. The second-order valence-corrected chi connectivity index (χ2v) is 35.2. The second kappa shape index (κ2) is 26.9. The minimum absolute atomic E-state index is 0.0458. The molecule has 0 saturated heterocycles. The highest BCUT2D eigenvalue weighted by molar-refractivity contribution is 6.76. The summed E-state index contributed by atoms with van der Waals surface area (Å²) in [5, 5.41) is 22.5. The molecule has 0 radical (unpaired) electrons. The molecule has 0 aliphatic heterocycles. The van der Waals surface area contributed by atoms with Crippen molar-refractivity contribution in [1.82, 2.24) is 53.9 Å². The summed E-state index contributed by atoms with van der Waals surface area (Å²) in [5.74, 6) is -8.57. The number of carboxylic acid groups (broad SMARTS) is 1. The Morgan fingerprint density at radius 1 is 0.632 bits per heavy atom. The third-order valence-electron chi connectivity index (χ3n) is 14.4. The molecule has 10 rings (SSSR count). The van der Waals surface area contributed by atoms with Crippen molar-refractivity contribution >= 4 is 72.2 Å². The average molecular weight is 1240 g/mol. The van der Waals surface area contributed by atoms with E-state index in [1.807, 2.05) is 0 Å². The molecule has 10 aromatic rings. The molecule has 6 aromatic heterocycles. The van der Waals surface area contributed by atoms with Crippen LogP contribution in [0.3, 0.4) is 0 Å². The number of carbonyl (C=O) groups excluding carboxylic acids is 1. The van der Waals surface area contributed by atoms with Crippen molar-refractivity contribution in [3.05, 3.63) is 156 Å². The number of ether oxygens (including phenoxy) is 2. The van der Waals surface area contributed by atoms with Crippen LogP contribution in [-0.2, 0) is 49.9 Å². The zero-order chi connectivity index (χ0) is 63.2. The fraction of sp³-hybridized carbons (Fsp3) is 0.355. The molecule has 0 saturated carbocycles. The summed E-state index contributed by atoms with van der Waals surface area (Å²) in [6.07, 6.45) is 5.32. The number of aromatic nitrogens is 10. The number of nitrogens with zero attached hydrogens (tertiary/aromatic N) is 10. The van der Waals surface area contributed by atoms with Gasteiger partial charge in [0.2, 0.25) is 0 Å². The Hall–Kier alpha value is -8.11. The van der Waals surface area contributed by atoms with Crippen molar-refractivity contribution < 1.29 is 50.5 Å². The molecule has 4 aromatic carbocycles.